The quantitative estimate of drug-likeness (QED) is 0.621. The largest absolute Gasteiger partial charge is 0.457 e. The lowest BCUT2D eigenvalue weighted by atomic mass is 10.1. The zero-order valence-corrected chi connectivity index (χ0v) is 15.0. The van der Waals surface area contributed by atoms with E-state index in [0.717, 1.165) is 29.2 Å². The van der Waals surface area contributed by atoms with Gasteiger partial charge in [-0.2, -0.15) is 0 Å². The Morgan fingerprint density at radius 3 is 2.36 bits per heavy atom. The first-order chi connectivity index (χ1) is 12.2. The summed E-state index contributed by atoms with van der Waals surface area (Å²) in [5.41, 5.74) is 1.96. The number of rotatable bonds is 6. The van der Waals surface area contributed by atoms with Crippen LogP contribution >= 0.6 is 11.6 Å². The predicted molar refractivity (Wildman–Crippen MR) is 101 cm³/mol. The van der Waals surface area contributed by atoms with Gasteiger partial charge < -0.3 is 10.1 Å². The van der Waals surface area contributed by atoms with Crippen LogP contribution in [-0.2, 0) is 6.42 Å². The smallest absolute Gasteiger partial charge is 0.148 e. The van der Waals surface area contributed by atoms with Gasteiger partial charge in [-0.05, 0) is 43.2 Å². The number of hydrogen-bond acceptors (Lipinski definition) is 4. The monoisotopic (exact) mass is 353 g/mol. The topological polar surface area (TPSA) is 47.0 Å². The Balaban J connectivity index is 1.70. The summed E-state index contributed by atoms with van der Waals surface area (Å²) >= 11 is 6.35. The summed E-state index contributed by atoms with van der Waals surface area (Å²) in [5, 5.41) is 3.93. The van der Waals surface area contributed by atoms with Gasteiger partial charge in [-0.15, -0.1) is 0 Å². The minimum absolute atomic E-state index is 0.0582. The lowest BCUT2D eigenvalue weighted by Gasteiger charge is -2.17. The van der Waals surface area contributed by atoms with E-state index in [0.29, 0.717) is 10.8 Å². The molecule has 0 bridgehead atoms. The van der Waals surface area contributed by atoms with Crippen molar-refractivity contribution in [2.75, 3.05) is 5.32 Å². The van der Waals surface area contributed by atoms with Crippen molar-refractivity contribution in [1.29, 1.82) is 0 Å². The van der Waals surface area contributed by atoms with Gasteiger partial charge in [0.2, 0.25) is 0 Å². The van der Waals surface area contributed by atoms with Crippen molar-refractivity contribution < 1.29 is 4.74 Å². The molecule has 0 radical (unpaired) electrons. The molecule has 1 unspecified atom stereocenters. The molecule has 5 heteroatoms. The highest BCUT2D eigenvalue weighted by Gasteiger charge is 2.12. The van der Waals surface area contributed by atoms with Gasteiger partial charge in [0.25, 0.3) is 0 Å². The van der Waals surface area contributed by atoms with Gasteiger partial charge in [0.1, 0.15) is 28.7 Å². The lowest BCUT2D eigenvalue weighted by molar-refractivity contribution is 0.482. The summed E-state index contributed by atoms with van der Waals surface area (Å²) in [6.45, 7) is 4.09. The molecule has 3 rings (SSSR count). The van der Waals surface area contributed by atoms with Gasteiger partial charge in [-0.1, -0.05) is 48.9 Å². The molecule has 4 nitrogen and oxygen atoms in total. The van der Waals surface area contributed by atoms with Crippen LogP contribution in [0.1, 0.15) is 31.1 Å². The molecule has 0 fully saturated rings. The number of benzene rings is 2. The van der Waals surface area contributed by atoms with Crippen LogP contribution in [0.3, 0.4) is 0 Å². The molecule has 1 N–H and O–H groups in total. The van der Waals surface area contributed by atoms with Crippen LogP contribution in [0.25, 0.3) is 0 Å². The number of nitrogens with zero attached hydrogens (tertiary/aromatic N) is 2. The Bertz CT molecular complexity index is 822. The van der Waals surface area contributed by atoms with Crippen molar-refractivity contribution in [2.45, 2.75) is 26.3 Å². The van der Waals surface area contributed by atoms with Crippen molar-refractivity contribution in [2.24, 2.45) is 0 Å². The predicted octanol–water partition coefficient (Wildman–Crippen LogP) is 5.66. The average Bonchev–Trinajstić information content (AvgIpc) is 2.65. The first-order valence-electron chi connectivity index (χ1n) is 8.26. The molecule has 0 saturated carbocycles. The Kier molecular flexibility index (Phi) is 5.51. The van der Waals surface area contributed by atoms with Crippen molar-refractivity contribution in [3.8, 4) is 11.5 Å². The number of ether oxygens (including phenoxy) is 1. The maximum absolute atomic E-state index is 6.35. The van der Waals surface area contributed by atoms with Gasteiger partial charge >= 0.3 is 0 Å². The zero-order valence-electron chi connectivity index (χ0n) is 14.2. The van der Waals surface area contributed by atoms with E-state index in [4.69, 9.17) is 16.3 Å². The molecule has 0 aliphatic carbocycles. The molecule has 0 aliphatic heterocycles. The van der Waals surface area contributed by atoms with Crippen LogP contribution < -0.4 is 10.1 Å². The molecule has 1 atom stereocenters. The van der Waals surface area contributed by atoms with Crippen LogP contribution in [0.4, 0.5) is 5.82 Å². The molecule has 1 heterocycles. The first-order valence-corrected chi connectivity index (χ1v) is 8.64. The molecule has 3 aromatic rings. The van der Waals surface area contributed by atoms with Gasteiger partial charge in [0, 0.05) is 6.04 Å². The molecule has 0 spiro atoms. The van der Waals surface area contributed by atoms with E-state index in [1.165, 1.54) is 6.33 Å². The fourth-order valence-corrected chi connectivity index (χ4v) is 2.78. The molecule has 128 valence electrons. The summed E-state index contributed by atoms with van der Waals surface area (Å²) in [7, 11) is 0. The van der Waals surface area contributed by atoms with E-state index >= 15 is 0 Å². The number of aryl methyl sites for hydroxylation is 1. The third-order valence-electron chi connectivity index (χ3n) is 3.91. The third kappa shape index (κ3) is 4.28. The summed E-state index contributed by atoms with van der Waals surface area (Å²) < 4.78 is 5.82. The Labute approximate surface area is 152 Å². The van der Waals surface area contributed by atoms with Crippen molar-refractivity contribution in [3.05, 3.63) is 77.2 Å². The normalized spacial score (nSPS) is 11.8. The SMILES string of the molecule is CCc1ncnc(NC(C)c2ccc(Oc3ccccc3)cc2)c1Cl. The van der Waals surface area contributed by atoms with Crippen LogP contribution in [0.2, 0.25) is 5.02 Å². The summed E-state index contributed by atoms with van der Waals surface area (Å²) in [4.78, 5) is 8.44. The van der Waals surface area contributed by atoms with Crippen molar-refractivity contribution >= 4 is 17.4 Å². The Morgan fingerprint density at radius 2 is 1.68 bits per heavy atom. The number of anilines is 1. The highest BCUT2D eigenvalue weighted by Crippen LogP contribution is 2.28. The molecule has 25 heavy (non-hydrogen) atoms. The minimum Gasteiger partial charge on any atom is -0.457 e. The van der Waals surface area contributed by atoms with Crippen LogP contribution in [0.15, 0.2) is 60.9 Å². The van der Waals surface area contributed by atoms with E-state index in [1.54, 1.807) is 0 Å². The van der Waals surface area contributed by atoms with Crippen LogP contribution in [0.5, 0.6) is 11.5 Å². The standard InChI is InChI=1S/C20H20ClN3O/c1-3-18-19(21)20(23-13-22-18)24-14(2)15-9-11-17(12-10-15)25-16-7-5-4-6-8-16/h4-14H,3H2,1-2H3,(H,22,23,24). The van der Waals surface area contributed by atoms with Crippen LogP contribution in [0, 0.1) is 0 Å². The van der Waals surface area contributed by atoms with Crippen molar-refractivity contribution in [3.63, 3.8) is 0 Å². The fourth-order valence-electron chi connectivity index (χ4n) is 2.49. The third-order valence-corrected chi connectivity index (χ3v) is 4.31. The van der Waals surface area contributed by atoms with E-state index in [-0.39, 0.29) is 6.04 Å². The zero-order chi connectivity index (χ0) is 17.6. The Morgan fingerprint density at radius 1 is 1.00 bits per heavy atom. The molecular weight excluding hydrogens is 334 g/mol. The highest BCUT2D eigenvalue weighted by atomic mass is 35.5. The van der Waals surface area contributed by atoms with E-state index in [2.05, 4.69) is 22.2 Å². The first kappa shape index (κ1) is 17.2. The Hall–Kier alpha value is -2.59. The maximum Gasteiger partial charge on any atom is 0.148 e. The van der Waals surface area contributed by atoms with Gasteiger partial charge in [0.05, 0.1) is 5.69 Å². The van der Waals surface area contributed by atoms with Gasteiger partial charge in [0.15, 0.2) is 0 Å². The highest BCUT2D eigenvalue weighted by molar-refractivity contribution is 6.33. The maximum atomic E-state index is 6.35. The molecule has 2 aromatic carbocycles. The number of nitrogens with one attached hydrogen (secondary N) is 1. The number of para-hydroxylation sites is 1. The van der Waals surface area contributed by atoms with Gasteiger partial charge in [-0.25, -0.2) is 9.97 Å². The molecule has 1 aromatic heterocycles. The average molecular weight is 354 g/mol. The number of aromatic nitrogens is 2. The fraction of sp³-hybridized carbons (Fsp3) is 0.200. The number of hydrogen-bond donors (Lipinski definition) is 1. The summed E-state index contributed by atoms with van der Waals surface area (Å²) in [5.74, 6) is 2.28. The second-order valence-corrected chi connectivity index (χ2v) is 6.06. The second kappa shape index (κ2) is 7.99. The van der Waals surface area contributed by atoms with E-state index < -0.39 is 0 Å². The van der Waals surface area contributed by atoms with Crippen molar-refractivity contribution in [1.82, 2.24) is 9.97 Å². The van der Waals surface area contributed by atoms with E-state index in [1.807, 2.05) is 61.5 Å². The number of halogens is 1. The molecular formula is C20H20ClN3O. The summed E-state index contributed by atoms with van der Waals surface area (Å²) in [6.07, 6.45) is 2.31. The summed E-state index contributed by atoms with van der Waals surface area (Å²) in [6, 6.07) is 17.8. The molecule has 0 saturated heterocycles. The molecule has 0 amide bonds. The van der Waals surface area contributed by atoms with E-state index in [9.17, 15) is 0 Å². The minimum atomic E-state index is 0.0582. The molecule has 0 aliphatic rings. The lowest BCUT2D eigenvalue weighted by Crippen LogP contribution is -2.09. The van der Waals surface area contributed by atoms with Gasteiger partial charge in [-0.3, -0.25) is 0 Å². The second-order valence-electron chi connectivity index (χ2n) is 5.69. The van der Waals surface area contributed by atoms with Crippen LogP contribution in [-0.4, -0.2) is 9.97 Å².